The highest BCUT2D eigenvalue weighted by atomic mass is 19.1. The van der Waals surface area contributed by atoms with Gasteiger partial charge in [0.1, 0.15) is 5.82 Å². The number of aromatic nitrogens is 2. The lowest BCUT2D eigenvalue weighted by Crippen LogP contribution is -2.43. The Morgan fingerprint density at radius 2 is 2.00 bits per heavy atom. The third-order valence-corrected chi connectivity index (χ3v) is 2.69. The summed E-state index contributed by atoms with van der Waals surface area (Å²) in [6, 6.07) is 4.15. The first-order chi connectivity index (χ1) is 7.95. The third-order valence-electron chi connectivity index (χ3n) is 2.69. The van der Waals surface area contributed by atoms with Crippen molar-refractivity contribution in [1.82, 2.24) is 9.13 Å². The van der Waals surface area contributed by atoms with Crippen molar-refractivity contribution >= 4 is 10.9 Å². The van der Waals surface area contributed by atoms with Crippen LogP contribution in [0.1, 0.15) is 13.1 Å². The Labute approximate surface area is 95.9 Å². The van der Waals surface area contributed by atoms with Gasteiger partial charge in [-0.1, -0.05) is 6.07 Å². The summed E-state index contributed by atoms with van der Waals surface area (Å²) in [4.78, 5) is 23.9. The normalized spacial score (nSPS) is 12.9. The lowest BCUT2D eigenvalue weighted by atomic mass is 10.2. The summed E-state index contributed by atoms with van der Waals surface area (Å²) < 4.78 is 15.7. The molecule has 0 saturated carbocycles. The topological polar surface area (TPSA) is 70.0 Å². The smallest absolute Gasteiger partial charge is 0.311 e. The standard InChI is InChI=1S/C11H12FN3O2/c1-6(13)15-10(16)9-7(12)4-3-5-8(9)14(2)11(15)17/h3-6H,13H2,1-2H3. The number of rotatable bonds is 1. The third kappa shape index (κ3) is 1.57. The van der Waals surface area contributed by atoms with Crippen LogP contribution in [-0.4, -0.2) is 9.13 Å². The molecule has 1 atom stereocenters. The van der Waals surface area contributed by atoms with Gasteiger partial charge < -0.3 is 5.73 Å². The van der Waals surface area contributed by atoms with Crippen LogP contribution in [0.15, 0.2) is 27.8 Å². The Morgan fingerprint density at radius 1 is 1.35 bits per heavy atom. The summed E-state index contributed by atoms with van der Waals surface area (Å²) >= 11 is 0. The number of hydrogen-bond acceptors (Lipinski definition) is 3. The molecule has 0 aliphatic rings. The fraction of sp³-hybridized carbons (Fsp3) is 0.273. The quantitative estimate of drug-likeness (QED) is 0.776. The van der Waals surface area contributed by atoms with Crippen molar-refractivity contribution in [2.75, 3.05) is 0 Å². The molecule has 1 heterocycles. The van der Waals surface area contributed by atoms with Gasteiger partial charge in [0.25, 0.3) is 5.56 Å². The molecule has 2 N–H and O–H groups in total. The Balaban J connectivity index is 3.13. The number of fused-ring (bicyclic) bond motifs is 1. The predicted molar refractivity (Wildman–Crippen MR) is 62.3 cm³/mol. The van der Waals surface area contributed by atoms with Crippen molar-refractivity contribution in [2.24, 2.45) is 12.8 Å². The second kappa shape index (κ2) is 3.81. The summed E-state index contributed by atoms with van der Waals surface area (Å²) in [5, 5.41) is -0.119. The zero-order valence-corrected chi connectivity index (χ0v) is 9.48. The summed E-state index contributed by atoms with van der Waals surface area (Å²) in [6.45, 7) is 1.50. The van der Waals surface area contributed by atoms with Crippen LogP contribution in [0.4, 0.5) is 4.39 Å². The second-order valence-electron chi connectivity index (χ2n) is 3.89. The van der Waals surface area contributed by atoms with Crippen LogP contribution in [0.3, 0.4) is 0 Å². The highest BCUT2D eigenvalue weighted by Gasteiger charge is 2.15. The van der Waals surface area contributed by atoms with E-state index in [0.29, 0.717) is 0 Å². The molecule has 0 bridgehead atoms. The minimum Gasteiger partial charge on any atom is -0.311 e. The van der Waals surface area contributed by atoms with Crippen molar-refractivity contribution < 1.29 is 4.39 Å². The summed E-state index contributed by atoms with van der Waals surface area (Å²) in [5.74, 6) is -0.655. The number of benzene rings is 1. The number of halogens is 1. The fourth-order valence-corrected chi connectivity index (χ4v) is 1.84. The maximum atomic E-state index is 13.6. The number of nitrogens with two attached hydrogens (primary N) is 1. The van der Waals surface area contributed by atoms with E-state index in [-0.39, 0.29) is 10.9 Å². The Kier molecular flexibility index (Phi) is 2.59. The molecule has 0 saturated heterocycles. The van der Waals surface area contributed by atoms with Crippen molar-refractivity contribution in [3.8, 4) is 0 Å². The van der Waals surface area contributed by atoms with E-state index in [1.165, 1.54) is 36.7 Å². The van der Waals surface area contributed by atoms with Gasteiger partial charge in [-0.15, -0.1) is 0 Å². The van der Waals surface area contributed by atoms with Gasteiger partial charge in [0.2, 0.25) is 0 Å². The van der Waals surface area contributed by atoms with E-state index >= 15 is 0 Å². The first-order valence-electron chi connectivity index (χ1n) is 5.10. The monoisotopic (exact) mass is 237 g/mol. The highest BCUT2D eigenvalue weighted by molar-refractivity contribution is 5.78. The number of aryl methyl sites for hydroxylation is 1. The molecule has 2 aromatic rings. The molecule has 0 aliphatic heterocycles. The molecule has 0 spiro atoms. The molecule has 0 amide bonds. The molecule has 1 aromatic carbocycles. The molecule has 5 nitrogen and oxygen atoms in total. The Bertz CT molecular complexity index is 700. The van der Waals surface area contributed by atoms with Crippen molar-refractivity contribution in [2.45, 2.75) is 13.1 Å². The molecular formula is C11H12FN3O2. The van der Waals surface area contributed by atoms with Crippen molar-refractivity contribution in [3.05, 3.63) is 44.9 Å². The maximum absolute atomic E-state index is 13.6. The van der Waals surface area contributed by atoms with Crippen LogP contribution in [0.25, 0.3) is 10.9 Å². The van der Waals surface area contributed by atoms with Crippen molar-refractivity contribution in [1.29, 1.82) is 0 Å². The average Bonchev–Trinajstić information content (AvgIpc) is 2.25. The molecule has 90 valence electrons. The Hall–Kier alpha value is -1.95. The zero-order chi connectivity index (χ0) is 12.7. The van der Waals surface area contributed by atoms with E-state index in [4.69, 9.17) is 5.73 Å². The summed E-state index contributed by atoms with van der Waals surface area (Å²) in [7, 11) is 1.47. The van der Waals surface area contributed by atoms with Crippen LogP contribution in [0.2, 0.25) is 0 Å². The van der Waals surface area contributed by atoms with Crippen LogP contribution in [0.5, 0.6) is 0 Å². The number of hydrogen-bond donors (Lipinski definition) is 1. The molecule has 17 heavy (non-hydrogen) atoms. The molecular weight excluding hydrogens is 225 g/mol. The van der Waals surface area contributed by atoms with E-state index in [2.05, 4.69) is 0 Å². The Morgan fingerprint density at radius 3 is 2.59 bits per heavy atom. The molecule has 2 rings (SSSR count). The average molecular weight is 237 g/mol. The van der Waals surface area contributed by atoms with Gasteiger partial charge in [-0.05, 0) is 19.1 Å². The van der Waals surface area contributed by atoms with Crippen LogP contribution in [-0.2, 0) is 7.05 Å². The zero-order valence-electron chi connectivity index (χ0n) is 9.48. The predicted octanol–water partition coefficient (Wildman–Crippen LogP) is 0.316. The van der Waals surface area contributed by atoms with E-state index in [0.717, 1.165) is 4.57 Å². The molecule has 0 radical (unpaired) electrons. The molecule has 1 unspecified atom stereocenters. The minimum absolute atomic E-state index is 0.119. The summed E-state index contributed by atoms with van der Waals surface area (Å²) in [6.07, 6.45) is -0.801. The largest absolute Gasteiger partial charge is 0.332 e. The van der Waals surface area contributed by atoms with E-state index in [9.17, 15) is 14.0 Å². The van der Waals surface area contributed by atoms with Crippen LogP contribution in [0, 0.1) is 5.82 Å². The van der Waals surface area contributed by atoms with Gasteiger partial charge in [0, 0.05) is 7.05 Å². The van der Waals surface area contributed by atoms with Crippen LogP contribution < -0.4 is 17.0 Å². The minimum atomic E-state index is -0.801. The van der Waals surface area contributed by atoms with E-state index < -0.39 is 23.2 Å². The van der Waals surface area contributed by atoms with Crippen molar-refractivity contribution in [3.63, 3.8) is 0 Å². The van der Waals surface area contributed by atoms with E-state index in [1.807, 2.05) is 0 Å². The van der Waals surface area contributed by atoms with Gasteiger partial charge in [-0.2, -0.15) is 0 Å². The maximum Gasteiger partial charge on any atom is 0.332 e. The van der Waals surface area contributed by atoms with Gasteiger partial charge in [0.05, 0.1) is 17.1 Å². The first kappa shape index (κ1) is 11.5. The van der Waals surface area contributed by atoms with Gasteiger partial charge in [-0.3, -0.25) is 9.36 Å². The fourth-order valence-electron chi connectivity index (χ4n) is 1.84. The first-order valence-corrected chi connectivity index (χ1v) is 5.10. The van der Waals surface area contributed by atoms with E-state index in [1.54, 1.807) is 0 Å². The second-order valence-corrected chi connectivity index (χ2v) is 3.89. The molecule has 0 fully saturated rings. The SMILES string of the molecule is CC(N)n1c(=O)c2c(F)cccc2n(C)c1=O. The van der Waals surface area contributed by atoms with Gasteiger partial charge in [0.15, 0.2) is 0 Å². The lowest BCUT2D eigenvalue weighted by molar-refractivity contribution is 0.508. The van der Waals surface area contributed by atoms with Crippen LogP contribution >= 0.6 is 0 Å². The lowest BCUT2D eigenvalue weighted by Gasteiger charge is -2.13. The van der Waals surface area contributed by atoms with Gasteiger partial charge in [-0.25, -0.2) is 13.8 Å². The highest BCUT2D eigenvalue weighted by Crippen LogP contribution is 2.11. The summed E-state index contributed by atoms with van der Waals surface area (Å²) in [5.41, 5.74) is 4.56. The van der Waals surface area contributed by atoms with Gasteiger partial charge >= 0.3 is 5.69 Å². The number of nitrogens with zero attached hydrogens (tertiary/aromatic N) is 2. The molecule has 6 heteroatoms. The molecule has 1 aromatic heterocycles. The molecule has 0 aliphatic carbocycles.